The summed E-state index contributed by atoms with van der Waals surface area (Å²) in [6.07, 6.45) is 8.72. The predicted molar refractivity (Wildman–Crippen MR) is 55.9 cm³/mol. The van der Waals surface area contributed by atoms with Crippen LogP contribution < -0.4 is 5.32 Å². The van der Waals surface area contributed by atoms with Gasteiger partial charge >= 0.3 is 0 Å². The van der Waals surface area contributed by atoms with Gasteiger partial charge in [0.1, 0.15) is 5.83 Å². The van der Waals surface area contributed by atoms with Crippen LogP contribution in [0.15, 0.2) is 29.2 Å². The highest BCUT2D eigenvalue weighted by Gasteiger charge is 2.21. The van der Waals surface area contributed by atoms with Crippen LogP contribution in [0.5, 0.6) is 0 Å². The number of halogens is 1. The maximum Gasteiger partial charge on any atom is 0.122 e. The van der Waals surface area contributed by atoms with E-state index >= 15 is 0 Å². The Balaban J connectivity index is 2.05. The Morgan fingerprint density at radius 3 is 3.21 bits per heavy atom. The van der Waals surface area contributed by atoms with E-state index in [-0.39, 0.29) is 5.83 Å². The summed E-state index contributed by atoms with van der Waals surface area (Å²) >= 11 is 0. The van der Waals surface area contributed by atoms with Gasteiger partial charge in [0.05, 0.1) is 6.20 Å². The molecule has 2 atom stereocenters. The van der Waals surface area contributed by atoms with Gasteiger partial charge in [0, 0.05) is 18.6 Å². The molecule has 0 aromatic heterocycles. The lowest BCUT2D eigenvalue weighted by molar-refractivity contribution is 0.524. The smallest absolute Gasteiger partial charge is 0.122 e. The van der Waals surface area contributed by atoms with Crippen molar-refractivity contribution >= 4 is 6.21 Å². The molecular formula is C11H15FN2. The van der Waals surface area contributed by atoms with E-state index in [4.69, 9.17) is 0 Å². The maximum absolute atomic E-state index is 12.8. The standard InChI is InChI=1S/C11H15FN2/c12-11-3-1-2-9(7-14-8-11)10-4-5-13-6-10/h1-2,7-10,13H,3-6H2/b2-1?,11-8+,14-7?. The molecule has 2 aliphatic heterocycles. The van der Waals surface area contributed by atoms with Gasteiger partial charge < -0.3 is 5.32 Å². The quantitative estimate of drug-likeness (QED) is 0.635. The van der Waals surface area contributed by atoms with E-state index in [2.05, 4.69) is 16.4 Å². The summed E-state index contributed by atoms with van der Waals surface area (Å²) in [6.45, 7) is 2.14. The van der Waals surface area contributed by atoms with E-state index in [0.717, 1.165) is 13.1 Å². The van der Waals surface area contributed by atoms with E-state index in [1.807, 2.05) is 12.3 Å². The first-order valence-electron chi connectivity index (χ1n) is 5.11. The van der Waals surface area contributed by atoms with Gasteiger partial charge in [0.15, 0.2) is 0 Å². The minimum absolute atomic E-state index is 0.166. The molecule has 1 fully saturated rings. The molecule has 14 heavy (non-hydrogen) atoms. The molecule has 0 aromatic carbocycles. The fraction of sp³-hybridized carbons (Fsp3) is 0.545. The van der Waals surface area contributed by atoms with Crippen LogP contribution in [-0.2, 0) is 0 Å². The zero-order chi connectivity index (χ0) is 9.80. The molecule has 0 spiro atoms. The van der Waals surface area contributed by atoms with E-state index < -0.39 is 0 Å². The second-order valence-electron chi connectivity index (χ2n) is 3.84. The van der Waals surface area contributed by atoms with E-state index in [1.54, 1.807) is 0 Å². The molecule has 0 amide bonds. The lowest BCUT2D eigenvalue weighted by Gasteiger charge is -2.14. The summed E-state index contributed by atoms with van der Waals surface area (Å²) in [4.78, 5) is 4.00. The molecule has 0 saturated carbocycles. The minimum atomic E-state index is -0.166. The fourth-order valence-electron chi connectivity index (χ4n) is 1.95. The lowest BCUT2D eigenvalue weighted by Crippen LogP contribution is -2.17. The zero-order valence-electron chi connectivity index (χ0n) is 8.12. The topological polar surface area (TPSA) is 24.4 Å². The normalized spacial score (nSPS) is 36.2. The summed E-state index contributed by atoms with van der Waals surface area (Å²) in [5, 5.41) is 3.33. The molecule has 0 radical (unpaired) electrons. The first-order chi connectivity index (χ1) is 6.86. The molecular weight excluding hydrogens is 179 g/mol. The predicted octanol–water partition coefficient (Wildman–Crippen LogP) is 2.05. The number of allylic oxidation sites excluding steroid dienone is 3. The SMILES string of the molecule is F/C1=C/N=CC(C2CCNC2)C=CC1. The van der Waals surface area contributed by atoms with E-state index in [0.29, 0.717) is 18.3 Å². The molecule has 1 saturated heterocycles. The molecule has 76 valence electrons. The first-order valence-corrected chi connectivity index (χ1v) is 5.11. The lowest BCUT2D eigenvalue weighted by atomic mass is 9.91. The molecule has 3 heteroatoms. The highest BCUT2D eigenvalue weighted by molar-refractivity contribution is 5.65. The van der Waals surface area contributed by atoms with Crippen molar-refractivity contribution in [1.29, 1.82) is 0 Å². The van der Waals surface area contributed by atoms with Gasteiger partial charge in [-0.3, -0.25) is 4.99 Å². The van der Waals surface area contributed by atoms with Crippen LogP contribution in [0.3, 0.4) is 0 Å². The third kappa shape index (κ3) is 2.29. The molecule has 2 heterocycles. The van der Waals surface area contributed by atoms with Crippen molar-refractivity contribution in [3.63, 3.8) is 0 Å². The number of nitrogens with one attached hydrogen (secondary N) is 1. The van der Waals surface area contributed by atoms with Crippen LogP contribution >= 0.6 is 0 Å². The van der Waals surface area contributed by atoms with Crippen LogP contribution in [0.1, 0.15) is 12.8 Å². The Kier molecular flexibility index (Phi) is 3.09. The summed E-state index contributed by atoms with van der Waals surface area (Å²) in [5.41, 5.74) is 0. The second kappa shape index (κ2) is 4.51. The Labute approximate surface area is 83.6 Å². The van der Waals surface area contributed by atoms with Gasteiger partial charge in [-0.15, -0.1) is 0 Å². The molecule has 2 aliphatic rings. The van der Waals surface area contributed by atoms with Crippen molar-refractivity contribution in [1.82, 2.24) is 5.32 Å². The Hall–Kier alpha value is -0.960. The Bertz CT molecular complexity index is 275. The maximum atomic E-state index is 12.8. The van der Waals surface area contributed by atoms with Crippen LogP contribution in [-0.4, -0.2) is 19.3 Å². The molecule has 2 rings (SSSR count). The minimum Gasteiger partial charge on any atom is -0.316 e. The van der Waals surface area contributed by atoms with Crippen molar-refractivity contribution < 1.29 is 4.39 Å². The molecule has 1 N–H and O–H groups in total. The Morgan fingerprint density at radius 1 is 1.50 bits per heavy atom. The van der Waals surface area contributed by atoms with Crippen molar-refractivity contribution in [3.8, 4) is 0 Å². The van der Waals surface area contributed by atoms with Crippen LogP contribution in [0.25, 0.3) is 0 Å². The van der Waals surface area contributed by atoms with Gasteiger partial charge in [0.2, 0.25) is 0 Å². The average Bonchev–Trinajstić information content (AvgIpc) is 2.63. The molecule has 2 unspecified atom stereocenters. The van der Waals surface area contributed by atoms with Crippen LogP contribution in [0.2, 0.25) is 0 Å². The van der Waals surface area contributed by atoms with Gasteiger partial charge in [-0.05, 0) is 25.4 Å². The van der Waals surface area contributed by atoms with Crippen LogP contribution in [0.4, 0.5) is 4.39 Å². The van der Waals surface area contributed by atoms with Gasteiger partial charge in [-0.2, -0.15) is 0 Å². The number of rotatable bonds is 1. The van der Waals surface area contributed by atoms with E-state index in [1.165, 1.54) is 12.6 Å². The van der Waals surface area contributed by atoms with Crippen molar-refractivity contribution in [2.24, 2.45) is 16.8 Å². The largest absolute Gasteiger partial charge is 0.316 e. The van der Waals surface area contributed by atoms with Crippen molar-refractivity contribution in [2.45, 2.75) is 12.8 Å². The third-order valence-corrected chi connectivity index (χ3v) is 2.79. The molecule has 0 aromatic rings. The van der Waals surface area contributed by atoms with Crippen molar-refractivity contribution in [2.75, 3.05) is 13.1 Å². The average molecular weight is 194 g/mol. The van der Waals surface area contributed by atoms with Gasteiger partial charge in [-0.25, -0.2) is 4.39 Å². The highest BCUT2D eigenvalue weighted by Crippen LogP contribution is 2.21. The first kappa shape index (κ1) is 9.59. The second-order valence-corrected chi connectivity index (χ2v) is 3.84. The summed E-state index contributed by atoms with van der Waals surface area (Å²) in [7, 11) is 0. The van der Waals surface area contributed by atoms with Gasteiger partial charge in [-0.1, -0.05) is 12.2 Å². The highest BCUT2D eigenvalue weighted by atomic mass is 19.1. The Morgan fingerprint density at radius 2 is 2.43 bits per heavy atom. The van der Waals surface area contributed by atoms with E-state index in [9.17, 15) is 4.39 Å². The molecule has 0 aliphatic carbocycles. The number of aliphatic imine (C=N–C) groups is 1. The number of hydrogen-bond acceptors (Lipinski definition) is 2. The van der Waals surface area contributed by atoms with Crippen molar-refractivity contribution in [3.05, 3.63) is 24.2 Å². The monoisotopic (exact) mass is 194 g/mol. The van der Waals surface area contributed by atoms with Crippen LogP contribution in [0, 0.1) is 11.8 Å². The fourth-order valence-corrected chi connectivity index (χ4v) is 1.95. The number of nitrogens with zero attached hydrogens (tertiary/aromatic N) is 1. The van der Waals surface area contributed by atoms with Gasteiger partial charge in [0.25, 0.3) is 0 Å². The zero-order valence-corrected chi connectivity index (χ0v) is 8.12. The summed E-state index contributed by atoms with van der Waals surface area (Å²) in [5.74, 6) is 0.833. The number of hydrogen-bond donors (Lipinski definition) is 1. The summed E-state index contributed by atoms with van der Waals surface area (Å²) < 4.78 is 12.8. The molecule has 2 nitrogen and oxygen atoms in total. The summed E-state index contributed by atoms with van der Waals surface area (Å²) in [6, 6.07) is 0. The molecule has 0 bridgehead atoms. The third-order valence-electron chi connectivity index (χ3n) is 2.79.